The Morgan fingerprint density at radius 1 is 1.32 bits per heavy atom. The van der Waals surface area contributed by atoms with Crippen molar-refractivity contribution in [3.05, 3.63) is 22.2 Å². The van der Waals surface area contributed by atoms with Crippen LogP contribution in [0.25, 0.3) is 0 Å². The lowest BCUT2D eigenvalue weighted by Gasteiger charge is -2.21. The number of nitrogens with one attached hydrogen (secondary N) is 1. The van der Waals surface area contributed by atoms with Gasteiger partial charge in [-0.3, -0.25) is 0 Å². The van der Waals surface area contributed by atoms with Gasteiger partial charge in [0, 0.05) is 12.6 Å². The van der Waals surface area contributed by atoms with Gasteiger partial charge in [-0.2, -0.15) is 0 Å². The van der Waals surface area contributed by atoms with Crippen LogP contribution >= 0.6 is 15.9 Å². The van der Waals surface area contributed by atoms with Crippen molar-refractivity contribution in [2.24, 2.45) is 0 Å². The molecule has 3 nitrogen and oxygen atoms in total. The lowest BCUT2D eigenvalue weighted by molar-refractivity contribution is 0.170. The fourth-order valence-corrected chi connectivity index (χ4v) is 2.77. The first-order valence-corrected chi connectivity index (χ1v) is 7.81. The summed E-state index contributed by atoms with van der Waals surface area (Å²) in [5.74, 6) is 1.67. The van der Waals surface area contributed by atoms with Crippen LogP contribution in [0.15, 0.2) is 16.6 Å². The van der Waals surface area contributed by atoms with Crippen molar-refractivity contribution in [3.8, 4) is 11.5 Å². The molecule has 1 aromatic carbocycles. The summed E-state index contributed by atoms with van der Waals surface area (Å²) in [6.07, 6.45) is 3.75. The number of hydrogen-bond donors (Lipinski definition) is 1. The molecule has 0 bridgehead atoms. The zero-order valence-electron chi connectivity index (χ0n) is 11.7. The summed E-state index contributed by atoms with van der Waals surface area (Å²) >= 11 is 3.55. The monoisotopic (exact) mass is 327 g/mol. The summed E-state index contributed by atoms with van der Waals surface area (Å²) in [5, 5.41) is 3.55. The van der Waals surface area contributed by atoms with Gasteiger partial charge in [-0.05, 0) is 47.0 Å². The van der Waals surface area contributed by atoms with Gasteiger partial charge in [0.15, 0.2) is 11.5 Å². The maximum atomic E-state index is 5.63. The molecular formula is C15H22BrNO2. The molecule has 1 aliphatic heterocycles. The fourth-order valence-electron chi connectivity index (χ4n) is 2.17. The molecule has 1 N–H and O–H groups in total. The standard InChI is InChI=1S/C15H22BrNO2/c1-3-4-5-11(2)17-10-12-8-13(16)15-14(9-12)18-6-7-19-15/h8-9,11,17H,3-7,10H2,1-2H3. The molecule has 0 aromatic heterocycles. The summed E-state index contributed by atoms with van der Waals surface area (Å²) < 4.78 is 12.2. The molecule has 0 fully saturated rings. The second-order valence-electron chi connectivity index (χ2n) is 5.03. The van der Waals surface area contributed by atoms with Crippen LogP contribution in [0.1, 0.15) is 38.7 Å². The van der Waals surface area contributed by atoms with E-state index < -0.39 is 0 Å². The zero-order chi connectivity index (χ0) is 13.7. The van der Waals surface area contributed by atoms with Crippen molar-refractivity contribution in [2.45, 2.75) is 45.7 Å². The smallest absolute Gasteiger partial charge is 0.175 e. The highest BCUT2D eigenvalue weighted by Crippen LogP contribution is 2.38. The van der Waals surface area contributed by atoms with Gasteiger partial charge in [-0.15, -0.1) is 0 Å². The third-order valence-electron chi connectivity index (χ3n) is 3.30. The van der Waals surface area contributed by atoms with Crippen molar-refractivity contribution < 1.29 is 9.47 Å². The second-order valence-corrected chi connectivity index (χ2v) is 5.88. The van der Waals surface area contributed by atoms with Crippen molar-refractivity contribution in [1.82, 2.24) is 5.32 Å². The molecule has 1 heterocycles. The quantitative estimate of drug-likeness (QED) is 0.859. The first-order chi connectivity index (χ1) is 9.20. The molecule has 0 saturated carbocycles. The Morgan fingerprint density at radius 3 is 2.89 bits per heavy atom. The third-order valence-corrected chi connectivity index (χ3v) is 3.89. The highest BCUT2D eigenvalue weighted by Gasteiger charge is 2.16. The van der Waals surface area contributed by atoms with Gasteiger partial charge in [0.1, 0.15) is 13.2 Å². The molecule has 1 atom stereocenters. The summed E-state index contributed by atoms with van der Waals surface area (Å²) in [4.78, 5) is 0. The van der Waals surface area contributed by atoms with Crippen LogP contribution in [0.4, 0.5) is 0 Å². The molecular weight excluding hydrogens is 306 g/mol. The van der Waals surface area contributed by atoms with E-state index in [2.05, 4.69) is 47.2 Å². The molecule has 0 radical (unpaired) electrons. The molecule has 4 heteroatoms. The summed E-state index contributed by atoms with van der Waals surface area (Å²) in [6.45, 7) is 6.58. The number of benzene rings is 1. The van der Waals surface area contributed by atoms with E-state index in [1.54, 1.807) is 0 Å². The van der Waals surface area contributed by atoms with Gasteiger partial charge < -0.3 is 14.8 Å². The van der Waals surface area contributed by atoms with E-state index in [4.69, 9.17) is 9.47 Å². The zero-order valence-corrected chi connectivity index (χ0v) is 13.3. The molecule has 106 valence electrons. The van der Waals surface area contributed by atoms with Gasteiger partial charge >= 0.3 is 0 Å². The highest BCUT2D eigenvalue weighted by molar-refractivity contribution is 9.10. The molecule has 1 unspecified atom stereocenters. The number of halogens is 1. The summed E-state index contributed by atoms with van der Waals surface area (Å²) in [7, 11) is 0. The van der Waals surface area contributed by atoms with Gasteiger partial charge in [0.25, 0.3) is 0 Å². The summed E-state index contributed by atoms with van der Waals surface area (Å²) in [5.41, 5.74) is 1.22. The Labute approximate surface area is 123 Å². The minimum Gasteiger partial charge on any atom is -0.486 e. The van der Waals surface area contributed by atoms with E-state index in [0.29, 0.717) is 19.3 Å². The Bertz CT molecular complexity index is 423. The van der Waals surface area contributed by atoms with Crippen LogP contribution in [-0.2, 0) is 6.54 Å². The molecule has 1 aliphatic rings. The minimum absolute atomic E-state index is 0.548. The van der Waals surface area contributed by atoms with Crippen molar-refractivity contribution in [2.75, 3.05) is 13.2 Å². The van der Waals surface area contributed by atoms with Gasteiger partial charge in [0.2, 0.25) is 0 Å². The van der Waals surface area contributed by atoms with Gasteiger partial charge in [-0.25, -0.2) is 0 Å². The van der Waals surface area contributed by atoms with E-state index in [0.717, 1.165) is 22.5 Å². The Kier molecular flexibility index (Phi) is 5.52. The van der Waals surface area contributed by atoms with Crippen molar-refractivity contribution in [3.63, 3.8) is 0 Å². The van der Waals surface area contributed by atoms with Crippen molar-refractivity contribution >= 4 is 15.9 Å². The molecule has 0 saturated heterocycles. The SMILES string of the molecule is CCCCC(C)NCc1cc(Br)c2c(c1)OCCO2. The predicted molar refractivity (Wildman–Crippen MR) is 81.0 cm³/mol. The van der Waals surface area contributed by atoms with Crippen LogP contribution in [-0.4, -0.2) is 19.3 Å². The van der Waals surface area contributed by atoms with E-state index in [9.17, 15) is 0 Å². The number of hydrogen-bond acceptors (Lipinski definition) is 3. The Balaban J connectivity index is 1.95. The van der Waals surface area contributed by atoms with E-state index in [1.165, 1.54) is 24.8 Å². The van der Waals surface area contributed by atoms with Crippen LogP contribution in [0, 0.1) is 0 Å². The molecule has 1 aromatic rings. The average Bonchev–Trinajstić information content (AvgIpc) is 2.43. The van der Waals surface area contributed by atoms with Crippen LogP contribution in [0.5, 0.6) is 11.5 Å². The van der Waals surface area contributed by atoms with Crippen LogP contribution in [0.3, 0.4) is 0 Å². The number of unbranched alkanes of at least 4 members (excludes halogenated alkanes) is 1. The number of rotatable bonds is 6. The Hall–Kier alpha value is -0.740. The molecule has 0 spiro atoms. The number of ether oxygens (including phenoxy) is 2. The van der Waals surface area contributed by atoms with E-state index in [-0.39, 0.29) is 0 Å². The molecule has 0 amide bonds. The Morgan fingerprint density at radius 2 is 2.11 bits per heavy atom. The average molecular weight is 328 g/mol. The van der Waals surface area contributed by atoms with E-state index in [1.807, 2.05) is 0 Å². The molecule has 2 rings (SSSR count). The molecule has 19 heavy (non-hydrogen) atoms. The van der Waals surface area contributed by atoms with Crippen molar-refractivity contribution in [1.29, 1.82) is 0 Å². The summed E-state index contributed by atoms with van der Waals surface area (Å²) in [6, 6.07) is 4.72. The van der Waals surface area contributed by atoms with E-state index >= 15 is 0 Å². The maximum absolute atomic E-state index is 5.63. The highest BCUT2D eigenvalue weighted by atomic mass is 79.9. The second kappa shape index (κ2) is 7.15. The minimum atomic E-state index is 0.548. The largest absolute Gasteiger partial charge is 0.486 e. The first kappa shape index (κ1) is 14.7. The third kappa shape index (κ3) is 4.11. The number of fused-ring (bicyclic) bond motifs is 1. The van der Waals surface area contributed by atoms with Crippen LogP contribution < -0.4 is 14.8 Å². The fraction of sp³-hybridized carbons (Fsp3) is 0.600. The lowest BCUT2D eigenvalue weighted by atomic mass is 10.1. The normalized spacial score (nSPS) is 15.3. The van der Waals surface area contributed by atoms with Crippen LogP contribution in [0.2, 0.25) is 0 Å². The first-order valence-electron chi connectivity index (χ1n) is 7.02. The molecule has 0 aliphatic carbocycles. The van der Waals surface area contributed by atoms with Gasteiger partial charge in [-0.1, -0.05) is 19.8 Å². The maximum Gasteiger partial charge on any atom is 0.175 e. The predicted octanol–water partition coefficient (Wildman–Crippen LogP) is 3.89. The van der Waals surface area contributed by atoms with Gasteiger partial charge in [0.05, 0.1) is 4.47 Å². The topological polar surface area (TPSA) is 30.5 Å². The lowest BCUT2D eigenvalue weighted by Crippen LogP contribution is -2.25.